The number of nitrogens with one attached hydrogen (secondary N) is 2. The van der Waals surface area contributed by atoms with E-state index in [-0.39, 0.29) is 28.4 Å². The number of hydrogen-bond donors (Lipinski definition) is 2. The maximum Gasteiger partial charge on any atom is 0.253 e. The van der Waals surface area contributed by atoms with Crippen molar-refractivity contribution in [2.75, 3.05) is 44.9 Å². The molecule has 3 rings (SSSR count). The summed E-state index contributed by atoms with van der Waals surface area (Å²) >= 11 is 13.7. The SMILES string of the molecule is CSCC[C@@H](NC(=O)c1ccc(Cl)cc1Cl)C(=O)NC[C@@H](c1ccc(F)cc1)N1CCOCC1. The van der Waals surface area contributed by atoms with Crippen LogP contribution in [0.1, 0.15) is 28.4 Å². The van der Waals surface area contributed by atoms with Crippen molar-refractivity contribution in [3.63, 3.8) is 0 Å². The van der Waals surface area contributed by atoms with Gasteiger partial charge in [0.2, 0.25) is 5.91 Å². The summed E-state index contributed by atoms with van der Waals surface area (Å²) in [6.07, 6.45) is 2.40. The van der Waals surface area contributed by atoms with E-state index in [4.69, 9.17) is 27.9 Å². The van der Waals surface area contributed by atoms with Gasteiger partial charge in [0.15, 0.2) is 0 Å². The Morgan fingerprint density at radius 3 is 2.50 bits per heavy atom. The molecule has 2 aromatic carbocycles. The zero-order valence-electron chi connectivity index (χ0n) is 18.9. The number of amides is 2. The minimum Gasteiger partial charge on any atom is -0.379 e. The van der Waals surface area contributed by atoms with Crippen LogP contribution in [0.5, 0.6) is 0 Å². The average molecular weight is 528 g/mol. The van der Waals surface area contributed by atoms with Crippen LogP contribution in [0.25, 0.3) is 0 Å². The minimum atomic E-state index is -0.731. The van der Waals surface area contributed by atoms with Crippen molar-refractivity contribution in [2.24, 2.45) is 0 Å². The third kappa shape index (κ3) is 7.58. The van der Waals surface area contributed by atoms with Crippen LogP contribution >= 0.6 is 35.0 Å². The Morgan fingerprint density at radius 1 is 1.15 bits per heavy atom. The molecule has 2 atom stereocenters. The summed E-state index contributed by atoms with van der Waals surface area (Å²) in [5.41, 5.74) is 1.16. The van der Waals surface area contributed by atoms with Crippen LogP contribution in [0.4, 0.5) is 4.39 Å². The molecule has 0 bridgehead atoms. The van der Waals surface area contributed by atoms with Gasteiger partial charge < -0.3 is 15.4 Å². The summed E-state index contributed by atoms with van der Waals surface area (Å²) in [4.78, 5) is 28.2. The highest BCUT2D eigenvalue weighted by atomic mass is 35.5. The largest absolute Gasteiger partial charge is 0.379 e. The summed E-state index contributed by atoms with van der Waals surface area (Å²) in [5.74, 6) is -0.342. The van der Waals surface area contributed by atoms with Gasteiger partial charge in [0.25, 0.3) is 5.91 Å². The number of halogens is 3. The molecule has 2 N–H and O–H groups in total. The Labute approximate surface area is 213 Å². The molecule has 1 aliphatic heterocycles. The number of thioether (sulfide) groups is 1. The molecule has 0 aliphatic carbocycles. The molecule has 0 saturated carbocycles. The lowest BCUT2D eigenvalue weighted by Crippen LogP contribution is -2.50. The Kier molecular flexibility index (Phi) is 10.5. The normalized spacial score (nSPS) is 16.0. The van der Waals surface area contributed by atoms with Gasteiger partial charge in [0.1, 0.15) is 11.9 Å². The van der Waals surface area contributed by atoms with E-state index >= 15 is 0 Å². The zero-order chi connectivity index (χ0) is 24.5. The molecule has 0 unspecified atom stereocenters. The summed E-state index contributed by atoms with van der Waals surface area (Å²) in [7, 11) is 0. The fourth-order valence-electron chi connectivity index (χ4n) is 3.77. The lowest BCUT2D eigenvalue weighted by atomic mass is 10.0. The Morgan fingerprint density at radius 2 is 1.85 bits per heavy atom. The maximum absolute atomic E-state index is 13.5. The molecule has 184 valence electrons. The number of rotatable bonds is 10. The van der Waals surface area contributed by atoms with Crippen molar-refractivity contribution in [1.29, 1.82) is 0 Å². The monoisotopic (exact) mass is 527 g/mol. The molecule has 1 saturated heterocycles. The second-order valence-electron chi connectivity index (χ2n) is 7.89. The third-order valence-electron chi connectivity index (χ3n) is 5.62. The Bertz CT molecular complexity index is 974. The first-order chi connectivity index (χ1) is 16.4. The number of carbonyl (C=O) groups excluding carboxylic acids is 2. The molecule has 0 aromatic heterocycles. The fraction of sp³-hybridized carbons (Fsp3) is 0.417. The van der Waals surface area contributed by atoms with E-state index in [0.717, 1.165) is 5.56 Å². The van der Waals surface area contributed by atoms with E-state index in [1.165, 1.54) is 24.3 Å². The summed E-state index contributed by atoms with van der Waals surface area (Å²) in [6, 6.07) is 10.0. The van der Waals surface area contributed by atoms with Gasteiger partial charge in [-0.1, -0.05) is 35.3 Å². The quantitative estimate of drug-likeness (QED) is 0.485. The van der Waals surface area contributed by atoms with E-state index in [9.17, 15) is 14.0 Å². The molecule has 1 heterocycles. The molecule has 6 nitrogen and oxygen atoms in total. The molecule has 0 spiro atoms. The Balaban J connectivity index is 1.70. The fourth-order valence-corrected chi connectivity index (χ4v) is 4.73. The molecule has 1 aliphatic rings. The van der Waals surface area contributed by atoms with Gasteiger partial charge in [-0.3, -0.25) is 14.5 Å². The van der Waals surface area contributed by atoms with Crippen molar-refractivity contribution in [3.8, 4) is 0 Å². The average Bonchev–Trinajstić information content (AvgIpc) is 2.83. The lowest BCUT2D eigenvalue weighted by molar-refractivity contribution is -0.123. The first-order valence-electron chi connectivity index (χ1n) is 11.0. The topological polar surface area (TPSA) is 70.7 Å². The minimum absolute atomic E-state index is 0.143. The van der Waals surface area contributed by atoms with E-state index in [0.29, 0.717) is 50.0 Å². The molecule has 2 aromatic rings. The number of carbonyl (C=O) groups is 2. The molecule has 2 amide bonds. The van der Waals surface area contributed by atoms with Gasteiger partial charge in [-0.15, -0.1) is 0 Å². The van der Waals surface area contributed by atoms with Crippen LogP contribution in [0.15, 0.2) is 42.5 Å². The van der Waals surface area contributed by atoms with Crippen molar-refractivity contribution < 1.29 is 18.7 Å². The van der Waals surface area contributed by atoms with Crippen molar-refractivity contribution in [1.82, 2.24) is 15.5 Å². The second kappa shape index (κ2) is 13.3. The van der Waals surface area contributed by atoms with E-state index < -0.39 is 11.9 Å². The van der Waals surface area contributed by atoms with Gasteiger partial charge in [0.05, 0.1) is 29.8 Å². The first kappa shape index (κ1) is 26.8. The predicted octanol–water partition coefficient (Wildman–Crippen LogP) is 4.17. The van der Waals surface area contributed by atoms with Gasteiger partial charge in [0, 0.05) is 24.7 Å². The summed E-state index contributed by atoms with van der Waals surface area (Å²) < 4.78 is 18.9. The number of hydrogen-bond acceptors (Lipinski definition) is 5. The number of benzene rings is 2. The molecule has 10 heteroatoms. The molecular formula is C24H28Cl2FN3O3S. The molecule has 0 radical (unpaired) electrons. The molecular weight excluding hydrogens is 500 g/mol. The van der Waals surface area contributed by atoms with Crippen LogP contribution in [0, 0.1) is 5.82 Å². The van der Waals surface area contributed by atoms with Crippen molar-refractivity contribution in [3.05, 3.63) is 69.5 Å². The maximum atomic E-state index is 13.5. The van der Waals surface area contributed by atoms with Gasteiger partial charge in [-0.25, -0.2) is 4.39 Å². The van der Waals surface area contributed by atoms with Crippen molar-refractivity contribution in [2.45, 2.75) is 18.5 Å². The van der Waals surface area contributed by atoms with E-state index in [2.05, 4.69) is 15.5 Å². The molecule has 1 fully saturated rings. The zero-order valence-corrected chi connectivity index (χ0v) is 21.2. The van der Waals surface area contributed by atoms with E-state index in [1.54, 1.807) is 30.0 Å². The van der Waals surface area contributed by atoms with Gasteiger partial charge in [-0.05, 0) is 54.3 Å². The summed E-state index contributed by atoms with van der Waals surface area (Å²) in [5, 5.41) is 6.44. The first-order valence-corrected chi connectivity index (χ1v) is 13.1. The van der Waals surface area contributed by atoms with Gasteiger partial charge in [-0.2, -0.15) is 11.8 Å². The smallest absolute Gasteiger partial charge is 0.253 e. The van der Waals surface area contributed by atoms with Crippen LogP contribution in [0.3, 0.4) is 0 Å². The highest BCUT2D eigenvalue weighted by Crippen LogP contribution is 2.23. The molecule has 34 heavy (non-hydrogen) atoms. The van der Waals surface area contributed by atoms with Gasteiger partial charge >= 0.3 is 0 Å². The van der Waals surface area contributed by atoms with Crippen LogP contribution in [0.2, 0.25) is 10.0 Å². The second-order valence-corrected chi connectivity index (χ2v) is 9.72. The number of morpholine rings is 1. The number of nitrogens with zero attached hydrogens (tertiary/aromatic N) is 1. The standard InChI is InChI=1S/C24H28Cl2FN3O3S/c1-34-13-8-21(29-23(31)19-7-4-17(25)14-20(19)26)24(32)28-15-22(30-9-11-33-12-10-30)16-2-5-18(27)6-3-16/h2-7,14,21-22H,8-13,15H2,1H3,(H,28,32)(H,29,31)/t21-,22+/m1/s1. The van der Waals surface area contributed by atoms with Crippen LogP contribution in [-0.4, -0.2) is 67.6 Å². The van der Waals surface area contributed by atoms with Crippen LogP contribution in [-0.2, 0) is 9.53 Å². The third-order valence-corrected chi connectivity index (χ3v) is 6.81. The van der Waals surface area contributed by atoms with Crippen molar-refractivity contribution >= 4 is 46.8 Å². The Hall–Kier alpha value is -1.84. The highest BCUT2D eigenvalue weighted by Gasteiger charge is 2.26. The summed E-state index contributed by atoms with van der Waals surface area (Å²) in [6.45, 7) is 2.93. The van der Waals surface area contributed by atoms with E-state index in [1.807, 2.05) is 6.26 Å². The number of ether oxygens (including phenoxy) is 1. The highest BCUT2D eigenvalue weighted by molar-refractivity contribution is 7.98. The lowest BCUT2D eigenvalue weighted by Gasteiger charge is -2.35. The van der Waals surface area contributed by atoms with Crippen LogP contribution < -0.4 is 10.6 Å². The predicted molar refractivity (Wildman–Crippen MR) is 135 cm³/mol.